The van der Waals surface area contributed by atoms with Crippen LogP contribution in [0.3, 0.4) is 0 Å². The van der Waals surface area contributed by atoms with Crippen LogP contribution < -0.4 is 4.74 Å². The molecule has 4 nitrogen and oxygen atoms in total. The first-order valence-electron chi connectivity index (χ1n) is 5.83. The number of nitrogens with zero attached hydrogens (tertiary/aromatic N) is 1. The topological polar surface area (TPSA) is 52.4 Å². The Morgan fingerprint density at radius 3 is 2.50 bits per heavy atom. The Hall–Kier alpha value is -1.59. The van der Waals surface area contributed by atoms with Crippen LogP contribution >= 0.6 is 27.5 Å². The third kappa shape index (κ3) is 3.49. The van der Waals surface area contributed by atoms with Crippen LogP contribution in [0.5, 0.6) is 5.75 Å². The van der Waals surface area contributed by atoms with Gasteiger partial charge in [0.1, 0.15) is 16.9 Å². The van der Waals surface area contributed by atoms with Crippen molar-refractivity contribution in [2.45, 2.75) is 13.0 Å². The Balaban J connectivity index is 2.19. The second-order valence-corrected chi connectivity index (χ2v) is 5.50. The van der Waals surface area contributed by atoms with E-state index in [1.54, 1.807) is 6.07 Å². The molecule has 0 saturated heterocycles. The molecule has 0 fully saturated rings. The molecular weight excluding hydrogens is 346 g/mol. The minimum absolute atomic E-state index is 0.0960. The normalized spacial score (nSPS) is 11.9. The van der Waals surface area contributed by atoms with Crippen LogP contribution in [0.2, 0.25) is 5.02 Å². The first-order chi connectivity index (χ1) is 9.47. The number of halogens is 2. The lowest BCUT2D eigenvalue weighted by Gasteiger charge is -2.15. The van der Waals surface area contributed by atoms with Gasteiger partial charge in [0.05, 0.1) is 11.0 Å². The highest BCUT2D eigenvalue weighted by Crippen LogP contribution is 2.31. The highest BCUT2D eigenvalue weighted by Gasteiger charge is 2.15. The van der Waals surface area contributed by atoms with Crippen molar-refractivity contribution in [2.24, 2.45) is 0 Å². The van der Waals surface area contributed by atoms with E-state index in [9.17, 15) is 10.1 Å². The molecule has 0 aliphatic heterocycles. The molecule has 104 valence electrons. The van der Waals surface area contributed by atoms with Gasteiger partial charge in [-0.3, -0.25) is 10.1 Å². The summed E-state index contributed by atoms with van der Waals surface area (Å²) >= 11 is 9.12. The van der Waals surface area contributed by atoms with E-state index in [2.05, 4.69) is 15.9 Å². The van der Waals surface area contributed by atoms with E-state index in [0.717, 1.165) is 10.0 Å². The van der Waals surface area contributed by atoms with Crippen LogP contribution in [-0.4, -0.2) is 4.92 Å². The van der Waals surface area contributed by atoms with Gasteiger partial charge >= 0.3 is 0 Å². The summed E-state index contributed by atoms with van der Waals surface area (Å²) in [6.45, 7) is 1.88. The molecule has 1 atom stereocenters. The van der Waals surface area contributed by atoms with Crippen molar-refractivity contribution >= 4 is 33.2 Å². The molecule has 2 aromatic rings. The molecule has 0 spiro atoms. The fourth-order valence-corrected chi connectivity index (χ4v) is 2.16. The highest BCUT2D eigenvalue weighted by molar-refractivity contribution is 9.10. The maximum Gasteiger partial charge on any atom is 0.291 e. The lowest BCUT2D eigenvalue weighted by molar-refractivity contribution is -0.384. The van der Waals surface area contributed by atoms with E-state index < -0.39 is 4.92 Å². The van der Waals surface area contributed by atoms with Crippen LogP contribution in [0, 0.1) is 10.1 Å². The zero-order valence-corrected chi connectivity index (χ0v) is 12.9. The Bertz CT molecular complexity index is 631. The first kappa shape index (κ1) is 14.8. The zero-order chi connectivity index (χ0) is 14.7. The van der Waals surface area contributed by atoms with E-state index in [0.29, 0.717) is 5.75 Å². The SMILES string of the molecule is C[C@H](Oc1ccc(Cl)c([N+](=O)[O-])c1)c1ccc(Br)cc1. The molecule has 0 unspecified atom stereocenters. The van der Waals surface area contributed by atoms with Gasteiger partial charge in [-0.2, -0.15) is 0 Å². The summed E-state index contributed by atoms with van der Waals surface area (Å²) in [7, 11) is 0. The zero-order valence-electron chi connectivity index (χ0n) is 10.5. The Kier molecular flexibility index (Phi) is 4.62. The molecular formula is C14H11BrClNO3. The molecule has 0 saturated carbocycles. The standard InChI is InChI=1S/C14H11BrClNO3/c1-9(10-2-4-11(15)5-3-10)20-12-6-7-13(16)14(8-12)17(18)19/h2-9H,1H3/t9-/m0/s1. The van der Waals surface area contributed by atoms with Gasteiger partial charge in [-0.15, -0.1) is 0 Å². The fourth-order valence-electron chi connectivity index (χ4n) is 1.71. The molecule has 6 heteroatoms. The van der Waals surface area contributed by atoms with Crippen molar-refractivity contribution in [3.63, 3.8) is 0 Å². The molecule has 0 bridgehead atoms. The summed E-state index contributed by atoms with van der Waals surface area (Å²) in [6.07, 6.45) is -0.219. The average Bonchev–Trinajstić information content (AvgIpc) is 2.41. The number of benzene rings is 2. The molecule has 2 aromatic carbocycles. The highest BCUT2D eigenvalue weighted by atomic mass is 79.9. The maximum atomic E-state index is 10.8. The summed E-state index contributed by atoms with van der Waals surface area (Å²) in [5.41, 5.74) is 0.818. The van der Waals surface area contributed by atoms with E-state index in [4.69, 9.17) is 16.3 Å². The van der Waals surface area contributed by atoms with Gasteiger partial charge in [0.2, 0.25) is 0 Å². The fraction of sp³-hybridized carbons (Fsp3) is 0.143. The van der Waals surface area contributed by atoms with Crippen molar-refractivity contribution in [2.75, 3.05) is 0 Å². The Morgan fingerprint density at radius 1 is 1.25 bits per heavy atom. The Labute approximate surface area is 129 Å². The van der Waals surface area contributed by atoms with Crippen LogP contribution in [0.4, 0.5) is 5.69 Å². The third-order valence-electron chi connectivity index (χ3n) is 2.77. The number of hydrogen-bond donors (Lipinski definition) is 0. The average molecular weight is 357 g/mol. The largest absolute Gasteiger partial charge is 0.486 e. The summed E-state index contributed by atoms with van der Waals surface area (Å²) < 4.78 is 6.69. The van der Waals surface area contributed by atoms with Gasteiger partial charge in [0, 0.05) is 4.47 Å². The van der Waals surface area contributed by atoms with E-state index >= 15 is 0 Å². The summed E-state index contributed by atoms with van der Waals surface area (Å²) in [5.74, 6) is 0.413. The molecule has 2 rings (SSSR count). The van der Waals surface area contributed by atoms with Gasteiger partial charge in [-0.05, 0) is 36.8 Å². The van der Waals surface area contributed by atoms with E-state index in [1.807, 2.05) is 31.2 Å². The van der Waals surface area contributed by atoms with Gasteiger partial charge in [0.25, 0.3) is 5.69 Å². The van der Waals surface area contributed by atoms with Crippen LogP contribution in [0.1, 0.15) is 18.6 Å². The molecule has 0 heterocycles. The number of rotatable bonds is 4. The monoisotopic (exact) mass is 355 g/mol. The second kappa shape index (κ2) is 6.24. The summed E-state index contributed by atoms with van der Waals surface area (Å²) in [4.78, 5) is 10.3. The van der Waals surface area contributed by atoms with Crippen molar-refractivity contribution < 1.29 is 9.66 Å². The van der Waals surface area contributed by atoms with Gasteiger partial charge in [-0.1, -0.05) is 39.7 Å². The minimum Gasteiger partial charge on any atom is -0.486 e. The third-order valence-corrected chi connectivity index (χ3v) is 3.61. The molecule has 20 heavy (non-hydrogen) atoms. The Morgan fingerprint density at radius 2 is 1.90 bits per heavy atom. The molecule has 0 aliphatic carbocycles. The van der Waals surface area contributed by atoms with Crippen LogP contribution in [0.15, 0.2) is 46.9 Å². The van der Waals surface area contributed by atoms with E-state index in [1.165, 1.54) is 12.1 Å². The van der Waals surface area contributed by atoms with Crippen LogP contribution in [-0.2, 0) is 0 Å². The van der Waals surface area contributed by atoms with Gasteiger partial charge in [-0.25, -0.2) is 0 Å². The lowest BCUT2D eigenvalue weighted by atomic mass is 10.1. The van der Waals surface area contributed by atoms with Crippen LogP contribution in [0.25, 0.3) is 0 Å². The lowest BCUT2D eigenvalue weighted by Crippen LogP contribution is -2.03. The van der Waals surface area contributed by atoms with Gasteiger partial charge in [0.15, 0.2) is 0 Å². The quantitative estimate of drug-likeness (QED) is 0.562. The predicted octanol–water partition coefficient (Wildman–Crippen LogP) is 5.15. The molecule has 0 aromatic heterocycles. The summed E-state index contributed by atoms with van der Waals surface area (Å²) in [5, 5.41) is 10.9. The maximum absolute atomic E-state index is 10.8. The molecule has 0 aliphatic rings. The van der Waals surface area contributed by atoms with Crippen molar-refractivity contribution in [3.05, 3.63) is 67.6 Å². The summed E-state index contributed by atoms with van der Waals surface area (Å²) in [6, 6.07) is 12.1. The smallest absolute Gasteiger partial charge is 0.291 e. The number of nitro benzene ring substituents is 1. The molecule has 0 radical (unpaired) electrons. The first-order valence-corrected chi connectivity index (χ1v) is 7.00. The van der Waals surface area contributed by atoms with Crippen molar-refractivity contribution in [3.8, 4) is 5.75 Å². The van der Waals surface area contributed by atoms with Crippen molar-refractivity contribution in [1.82, 2.24) is 0 Å². The number of ether oxygens (including phenoxy) is 1. The van der Waals surface area contributed by atoms with Gasteiger partial charge < -0.3 is 4.74 Å². The molecule has 0 N–H and O–H groups in total. The second-order valence-electron chi connectivity index (χ2n) is 4.18. The number of nitro groups is 1. The minimum atomic E-state index is -0.528. The predicted molar refractivity (Wildman–Crippen MR) is 81.3 cm³/mol. The number of hydrogen-bond acceptors (Lipinski definition) is 3. The van der Waals surface area contributed by atoms with Crippen molar-refractivity contribution in [1.29, 1.82) is 0 Å². The van der Waals surface area contributed by atoms with E-state index in [-0.39, 0.29) is 16.8 Å². The molecule has 0 amide bonds.